The fraction of sp³-hybridized carbons (Fsp3) is 0.286. The normalized spacial score (nSPS) is 15.3. The van der Waals surface area contributed by atoms with Gasteiger partial charge in [-0.3, -0.25) is 4.79 Å². The Morgan fingerprint density at radius 1 is 1.27 bits per heavy atom. The molecule has 1 amide bonds. The predicted octanol–water partition coefficient (Wildman–Crippen LogP) is 3.74. The number of hydrogen-bond donors (Lipinski definition) is 4. The lowest BCUT2D eigenvalue weighted by molar-refractivity contribution is 0.0947. The number of hydrogen-bond acceptors (Lipinski definition) is 6. The number of nitrogens with one attached hydrogen (secondary N) is 4. The molecule has 1 saturated carbocycles. The minimum Gasteiger partial charge on any atom is -0.493 e. The van der Waals surface area contributed by atoms with Gasteiger partial charge >= 0.3 is 0 Å². The number of para-hydroxylation sites is 1. The number of halogens is 1. The summed E-state index contributed by atoms with van der Waals surface area (Å²) in [5.41, 5.74) is 4.16. The third-order valence-electron chi connectivity index (χ3n) is 5.22. The smallest absolute Gasteiger partial charge is 0.255 e. The molecule has 0 atom stereocenters. The first kappa shape index (κ1) is 18.7. The largest absolute Gasteiger partial charge is 0.493 e. The van der Waals surface area contributed by atoms with Crippen molar-refractivity contribution < 1.29 is 9.53 Å². The van der Waals surface area contributed by atoms with Crippen LogP contribution in [0, 0.1) is 0 Å². The molecule has 3 aromatic rings. The minimum atomic E-state index is -0.132. The van der Waals surface area contributed by atoms with Gasteiger partial charge in [-0.05, 0) is 31.0 Å². The van der Waals surface area contributed by atoms with Crippen LogP contribution in [0.25, 0.3) is 11.4 Å². The lowest BCUT2D eigenvalue weighted by Crippen LogP contribution is -2.31. The number of carbonyl (C=O) groups excluding carboxylic acids is 1. The van der Waals surface area contributed by atoms with E-state index in [4.69, 9.17) is 16.3 Å². The molecule has 1 aliphatic carbocycles. The van der Waals surface area contributed by atoms with E-state index in [9.17, 15) is 4.79 Å². The van der Waals surface area contributed by atoms with Crippen LogP contribution in [-0.2, 0) is 6.42 Å². The third kappa shape index (κ3) is 3.43. The Hall–Kier alpha value is -3.26. The Labute approximate surface area is 178 Å². The Morgan fingerprint density at radius 3 is 2.93 bits per heavy atom. The van der Waals surface area contributed by atoms with Crippen molar-refractivity contribution in [3.8, 4) is 17.1 Å². The molecule has 1 aliphatic heterocycles. The Bertz CT molecular complexity index is 1120. The summed E-state index contributed by atoms with van der Waals surface area (Å²) in [4.78, 5) is 25.1. The van der Waals surface area contributed by atoms with Crippen molar-refractivity contribution in [1.82, 2.24) is 20.3 Å². The molecule has 30 heavy (non-hydrogen) atoms. The first-order valence-electron chi connectivity index (χ1n) is 9.86. The van der Waals surface area contributed by atoms with Gasteiger partial charge in [0.25, 0.3) is 5.91 Å². The van der Waals surface area contributed by atoms with Crippen LogP contribution in [0.3, 0.4) is 0 Å². The van der Waals surface area contributed by atoms with Crippen LogP contribution in [-0.4, -0.2) is 40.6 Å². The second kappa shape index (κ2) is 7.53. The molecule has 2 aromatic heterocycles. The number of ether oxygens (including phenoxy) is 1. The lowest BCUT2D eigenvalue weighted by atomic mass is 10.1. The van der Waals surface area contributed by atoms with E-state index in [2.05, 4.69) is 30.9 Å². The maximum Gasteiger partial charge on any atom is 0.255 e. The average molecular weight is 425 g/mol. The fourth-order valence-electron chi connectivity index (χ4n) is 3.62. The minimum absolute atomic E-state index is 0.132. The average Bonchev–Trinajstić information content (AvgIpc) is 3.47. The summed E-state index contributed by atoms with van der Waals surface area (Å²) in [6, 6.07) is 7.71. The number of H-pyrrole nitrogens is 1. The second-order valence-corrected chi connectivity index (χ2v) is 7.77. The zero-order valence-corrected chi connectivity index (χ0v) is 17.1. The van der Waals surface area contributed by atoms with E-state index in [1.54, 1.807) is 19.4 Å². The van der Waals surface area contributed by atoms with E-state index in [1.165, 1.54) is 0 Å². The van der Waals surface area contributed by atoms with Gasteiger partial charge in [0.15, 0.2) is 5.75 Å². The van der Waals surface area contributed by atoms with Crippen LogP contribution >= 0.6 is 11.6 Å². The quantitative estimate of drug-likeness (QED) is 0.480. The highest BCUT2D eigenvalue weighted by Gasteiger charge is 2.28. The van der Waals surface area contributed by atoms with E-state index in [0.717, 1.165) is 24.2 Å². The number of benzene rings is 1. The second-order valence-electron chi connectivity index (χ2n) is 7.36. The van der Waals surface area contributed by atoms with Crippen LogP contribution in [0.4, 0.5) is 17.3 Å². The maximum atomic E-state index is 12.7. The molecular weight excluding hydrogens is 404 g/mol. The van der Waals surface area contributed by atoms with E-state index >= 15 is 0 Å². The van der Waals surface area contributed by atoms with Gasteiger partial charge in [0, 0.05) is 30.9 Å². The standard InChI is InChI=1S/C21H21ClN6O2/c1-30-19-12(22)3-2-4-15(19)27-18-16-13(7-9-23-20(16)29)26-17(18)14-8-10-24-21(28-14)25-11-5-6-11/h2-4,8,10-11,26-27H,5-7,9H2,1H3,(H,23,29)(H,24,25,28). The number of anilines is 3. The number of carbonyl (C=O) groups is 1. The molecule has 4 N–H and O–H groups in total. The van der Waals surface area contributed by atoms with Gasteiger partial charge in [0.2, 0.25) is 5.95 Å². The molecule has 0 saturated heterocycles. The highest BCUT2D eigenvalue weighted by atomic mass is 35.5. The third-order valence-corrected chi connectivity index (χ3v) is 5.52. The van der Waals surface area contributed by atoms with Crippen molar-refractivity contribution in [2.45, 2.75) is 25.3 Å². The monoisotopic (exact) mass is 424 g/mol. The molecule has 0 radical (unpaired) electrons. The Kier molecular flexibility index (Phi) is 4.71. The molecule has 8 nitrogen and oxygen atoms in total. The van der Waals surface area contributed by atoms with Gasteiger partial charge in [0.1, 0.15) is 0 Å². The molecule has 2 aliphatic rings. The van der Waals surface area contributed by atoms with Gasteiger partial charge in [-0.25, -0.2) is 9.97 Å². The van der Waals surface area contributed by atoms with Gasteiger partial charge in [-0.2, -0.15) is 0 Å². The molecule has 3 heterocycles. The fourth-order valence-corrected chi connectivity index (χ4v) is 3.88. The van der Waals surface area contributed by atoms with Gasteiger partial charge in [0.05, 0.1) is 40.5 Å². The number of amides is 1. The molecule has 0 spiro atoms. The van der Waals surface area contributed by atoms with Crippen molar-refractivity contribution in [2.75, 3.05) is 24.3 Å². The summed E-state index contributed by atoms with van der Waals surface area (Å²) in [6.07, 6.45) is 4.69. The molecule has 0 bridgehead atoms. The molecule has 1 aromatic carbocycles. The van der Waals surface area contributed by atoms with Crippen molar-refractivity contribution in [3.63, 3.8) is 0 Å². The SMILES string of the molecule is COc1c(Cl)cccc1Nc1c(-c2ccnc(NC3CC3)n2)[nH]c2c1C(=O)NCC2. The topological polar surface area (TPSA) is 104 Å². The van der Waals surface area contributed by atoms with Crippen LogP contribution in [0.2, 0.25) is 5.02 Å². The highest BCUT2D eigenvalue weighted by molar-refractivity contribution is 6.32. The molecule has 5 rings (SSSR count). The van der Waals surface area contributed by atoms with E-state index in [-0.39, 0.29) is 5.91 Å². The first-order valence-corrected chi connectivity index (χ1v) is 10.2. The zero-order chi connectivity index (χ0) is 20.7. The maximum absolute atomic E-state index is 12.7. The van der Waals surface area contributed by atoms with Crippen molar-refractivity contribution in [1.29, 1.82) is 0 Å². The summed E-state index contributed by atoms with van der Waals surface area (Å²) in [5, 5.41) is 10.1. The van der Waals surface area contributed by atoms with Crippen molar-refractivity contribution in [2.24, 2.45) is 0 Å². The van der Waals surface area contributed by atoms with Crippen LogP contribution in [0.5, 0.6) is 5.75 Å². The zero-order valence-electron chi connectivity index (χ0n) is 16.4. The summed E-state index contributed by atoms with van der Waals surface area (Å²) >= 11 is 6.29. The predicted molar refractivity (Wildman–Crippen MR) is 116 cm³/mol. The van der Waals surface area contributed by atoms with E-state index in [1.807, 2.05) is 18.2 Å². The number of rotatable bonds is 6. The van der Waals surface area contributed by atoms with Crippen molar-refractivity contribution >= 4 is 34.8 Å². The number of fused-ring (bicyclic) bond motifs is 1. The van der Waals surface area contributed by atoms with Crippen molar-refractivity contribution in [3.05, 3.63) is 46.7 Å². The number of aromatic amines is 1. The molecule has 154 valence electrons. The Morgan fingerprint density at radius 2 is 2.13 bits per heavy atom. The van der Waals surface area contributed by atoms with Gasteiger partial charge in [-0.15, -0.1) is 0 Å². The van der Waals surface area contributed by atoms with E-state index in [0.29, 0.717) is 58.4 Å². The number of nitrogens with zero attached hydrogens (tertiary/aromatic N) is 2. The van der Waals surface area contributed by atoms with Gasteiger partial charge in [-0.1, -0.05) is 17.7 Å². The van der Waals surface area contributed by atoms with Crippen LogP contribution < -0.4 is 20.7 Å². The molecule has 9 heteroatoms. The molecule has 0 unspecified atom stereocenters. The molecular formula is C21H21ClN6O2. The first-order chi connectivity index (χ1) is 14.6. The highest BCUT2D eigenvalue weighted by Crippen LogP contribution is 2.40. The summed E-state index contributed by atoms with van der Waals surface area (Å²) in [7, 11) is 1.56. The number of aromatic nitrogens is 3. The summed E-state index contributed by atoms with van der Waals surface area (Å²) < 4.78 is 5.47. The van der Waals surface area contributed by atoms with E-state index < -0.39 is 0 Å². The van der Waals surface area contributed by atoms with Crippen LogP contribution in [0.15, 0.2) is 30.5 Å². The summed E-state index contributed by atoms with van der Waals surface area (Å²) in [6.45, 7) is 0.587. The lowest BCUT2D eigenvalue weighted by Gasteiger charge is -2.17. The van der Waals surface area contributed by atoms with Gasteiger partial charge < -0.3 is 25.7 Å². The Balaban J connectivity index is 1.62. The van der Waals surface area contributed by atoms with Crippen LogP contribution in [0.1, 0.15) is 28.9 Å². The summed E-state index contributed by atoms with van der Waals surface area (Å²) in [5.74, 6) is 0.959. The molecule has 1 fully saturated rings. The number of methoxy groups -OCH3 is 1.